The predicted molar refractivity (Wildman–Crippen MR) is 67.9 cm³/mol. The van der Waals surface area contributed by atoms with E-state index in [4.69, 9.17) is 10.6 Å². The van der Waals surface area contributed by atoms with E-state index in [0.29, 0.717) is 11.4 Å². The molecule has 18 heavy (non-hydrogen) atoms. The number of ether oxygens (including phenoxy) is 1. The minimum absolute atomic E-state index is 0.0802. The summed E-state index contributed by atoms with van der Waals surface area (Å²) in [6.07, 6.45) is 4.65. The average molecular weight is 250 g/mol. The Hall–Kier alpha value is -1.66. The van der Waals surface area contributed by atoms with E-state index < -0.39 is 0 Å². The third-order valence-electron chi connectivity index (χ3n) is 3.23. The smallest absolute Gasteiger partial charge is 0.270 e. The molecule has 0 spiro atoms. The summed E-state index contributed by atoms with van der Waals surface area (Å²) < 4.78 is 5.34. The van der Waals surface area contributed by atoms with Crippen molar-refractivity contribution in [1.82, 2.24) is 10.3 Å². The van der Waals surface area contributed by atoms with Gasteiger partial charge in [0, 0.05) is 7.11 Å². The molecule has 4 N–H and O–H groups in total. The van der Waals surface area contributed by atoms with Gasteiger partial charge < -0.3 is 15.5 Å². The third-order valence-corrected chi connectivity index (χ3v) is 3.23. The Morgan fingerprint density at radius 2 is 2.33 bits per heavy atom. The number of carbonyl (C=O) groups is 1. The number of nitrogens with zero attached hydrogens (tertiary/aromatic N) is 1. The zero-order chi connectivity index (χ0) is 13.0. The number of nitrogens with two attached hydrogens (primary N) is 1. The molecule has 1 fully saturated rings. The Labute approximate surface area is 106 Å². The average Bonchev–Trinajstić information content (AvgIpc) is 2.86. The standard InChI is InChI=1S/C12H18N4O2/c1-18-11-4-2-3-9(11)15-12(17)10-6-5-8(16-13)7-14-10/h5-7,9,11,16H,2-4,13H2,1H3,(H,15,17). The van der Waals surface area contributed by atoms with Gasteiger partial charge in [-0.05, 0) is 31.4 Å². The molecule has 1 saturated carbocycles. The Morgan fingerprint density at radius 1 is 1.50 bits per heavy atom. The van der Waals surface area contributed by atoms with Gasteiger partial charge in [0.25, 0.3) is 5.91 Å². The van der Waals surface area contributed by atoms with Crippen LogP contribution in [-0.4, -0.2) is 30.1 Å². The van der Waals surface area contributed by atoms with Crippen molar-refractivity contribution in [3.05, 3.63) is 24.0 Å². The highest BCUT2D eigenvalue weighted by Crippen LogP contribution is 2.21. The van der Waals surface area contributed by atoms with E-state index in [0.717, 1.165) is 19.3 Å². The number of anilines is 1. The van der Waals surface area contributed by atoms with Gasteiger partial charge in [-0.25, -0.2) is 4.98 Å². The molecule has 6 heteroatoms. The summed E-state index contributed by atoms with van der Waals surface area (Å²) in [5.74, 6) is 5.06. The second kappa shape index (κ2) is 5.79. The summed E-state index contributed by atoms with van der Waals surface area (Å²) in [7, 11) is 1.68. The minimum Gasteiger partial charge on any atom is -0.379 e. The zero-order valence-electron chi connectivity index (χ0n) is 10.3. The molecule has 1 aliphatic carbocycles. The molecule has 1 aromatic rings. The van der Waals surface area contributed by atoms with Crippen molar-refractivity contribution < 1.29 is 9.53 Å². The topological polar surface area (TPSA) is 89.3 Å². The zero-order valence-corrected chi connectivity index (χ0v) is 10.3. The lowest BCUT2D eigenvalue weighted by atomic mass is 10.2. The first-order valence-electron chi connectivity index (χ1n) is 6.01. The minimum atomic E-state index is -0.174. The van der Waals surface area contributed by atoms with Crippen LogP contribution >= 0.6 is 0 Å². The number of carbonyl (C=O) groups excluding carboxylic acids is 1. The van der Waals surface area contributed by atoms with Crippen LogP contribution in [0.3, 0.4) is 0 Å². The van der Waals surface area contributed by atoms with Crippen molar-refractivity contribution in [2.45, 2.75) is 31.4 Å². The lowest BCUT2D eigenvalue weighted by molar-refractivity contribution is 0.0719. The molecule has 1 aromatic heterocycles. The van der Waals surface area contributed by atoms with Crippen LogP contribution in [0.25, 0.3) is 0 Å². The Morgan fingerprint density at radius 3 is 2.94 bits per heavy atom. The fourth-order valence-electron chi connectivity index (χ4n) is 2.23. The van der Waals surface area contributed by atoms with Crippen LogP contribution in [0.15, 0.2) is 18.3 Å². The fraction of sp³-hybridized carbons (Fsp3) is 0.500. The molecule has 1 aliphatic rings. The van der Waals surface area contributed by atoms with E-state index >= 15 is 0 Å². The number of amides is 1. The number of aromatic nitrogens is 1. The fourth-order valence-corrected chi connectivity index (χ4v) is 2.23. The van der Waals surface area contributed by atoms with Crippen molar-refractivity contribution in [2.24, 2.45) is 5.84 Å². The van der Waals surface area contributed by atoms with Crippen LogP contribution in [0.1, 0.15) is 29.8 Å². The van der Waals surface area contributed by atoms with Crippen LogP contribution in [0.4, 0.5) is 5.69 Å². The first kappa shape index (κ1) is 12.8. The van der Waals surface area contributed by atoms with E-state index in [1.807, 2.05) is 0 Å². The molecule has 98 valence electrons. The first-order chi connectivity index (χ1) is 8.74. The number of hydrazine groups is 1. The van der Waals surface area contributed by atoms with Crippen molar-refractivity contribution in [2.75, 3.05) is 12.5 Å². The third kappa shape index (κ3) is 2.77. The summed E-state index contributed by atoms with van der Waals surface area (Å²) >= 11 is 0. The van der Waals surface area contributed by atoms with Gasteiger partial charge in [-0.3, -0.25) is 10.6 Å². The largest absolute Gasteiger partial charge is 0.379 e. The summed E-state index contributed by atoms with van der Waals surface area (Å²) in [5.41, 5.74) is 3.52. The maximum Gasteiger partial charge on any atom is 0.270 e. The second-order valence-corrected chi connectivity index (χ2v) is 4.36. The highest BCUT2D eigenvalue weighted by Gasteiger charge is 2.28. The highest BCUT2D eigenvalue weighted by molar-refractivity contribution is 5.92. The summed E-state index contributed by atoms with van der Waals surface area (Å²) in [4.78, 5) is 16.0. The number of hydrogen-bond donors (Lipinski definition) is 3. The molecule has 1 amide bonds. The van der Waals surface area contributed by atoms with Crippen molar-refractivity contribution in [3.8, 4) is 0 Å². The SMILES string of the molecule is COC1CCCC1NC(=O)c1ccc(NN)cn1. The van der Waals surface area contributed by atoms with E-state index in [1.165, 1.54) is 6.20 Å². The van der Waals surface area contributed by atoms with Crippen LogP contribution in [0, 0.1) is 0 Å². The van der Waals surface area contributed by atoms with Gasteiger partial charge in [-0.1, -0.05) is 0 Å². The van der Waals surface area contributed by atoms with Gasteiger partial charge in [-0.2, -0.15) is 0 Å². The van der Waals surface area contributed by atoms with Crippen molar-refractivity contribution >= 4 is 11.6 Å². The van der Waals surface area contributed by atoms with Crippen molar-refractivity contribution in [1.29, 1.82) is 0 Å². The van der Waals surface area contributed by atoms with E-state index in [2.05, 4.69) is 15.7 Å². The van der Waals surface area contributed by atoms with Gasteiger partial charge >= 0.3 is 0 Å². The molecular weight excluding hydrogens is 232 g/mol. The van der Waals surface area contributed by atoms with Crippen LogP contribution in [0.5, 0.6) is 0 Å². The van der Waals surface area contributed by atoms with Crippen LogP contribution in [-0.2, 0) is 4.74 Å². The molecule has 0 aliphatic heterocycles. The number of methoxy groups -OCH3 is 1. The first-order valence-corrected chi connectivity index (χ1v) is 6.01. The molecule has 0 saturated heterocycles. The van der Waals surface area contributed by atoms with Gasteiger partial charge in [0.1, 0.15) is 5.69 Å². The summed E-state index contributed by atoms with van der Waals surface area (Å²) in [6.45, 7) is 0. The van der Waals surface area contributed by atoms with Gasteiger partial charge in [0.2, 0.25) is 0 Å². The van der Waals surface area contributed by atoms with E-state index in [9.17, 15) is 4.79 Å². The van der Waals surface area contributed by atoms with Crippen LogP contribution < -0.4 is 16.6 Å². The molecule has 2 unspecified atom stereocenters. The Bertz CT molecular complexity index is 407. The highest BCUT2D eigenvalue weighted by atomic mass is 16.5. The predicted octanol–water partition coefficient (Wildman–Crippen LogP) is 0.664. The molecule has 0 bridgehead atoms. The normalized spacial score (nSPS) is 22.8. The molecule has 2 atom stereocenters. The maximum atomic E-state index is 12.0. The molecule has 0 radical (unpaired) electrons. The number of nitrogens with one attached hydrogen (secondary N) is 2. The van der Waals surface area contributed by atoms with Gasteiger partial charge in [-0.15, -0.1) is 0 Å². The monoisotopic (exact) mass is 250 g/mol. The summed E-state index contributed by atoms with van der Waals surface area (Å²) in [5, 5.41) is 2.96. The Balaban J connectivity index is 1.98. The molecular formula is C12H18N4O2. The van der Waals surface area contributed by atoms with E-state index in [-0.39, 0.29) is 18.1 Å². The van der Waals surface area contributed by atoms with Crippen molar-refractivity contribution in [3.63, 3.8) is 0 Å². The molecule has 6 nitrogen and oxygen atoms in total. The van der Waals surface area contributed by atoms with Gasteiger partial charge in [0.15, 0.2) is 0 Å². The molecule has 1 heterocycles. The Kier molecular flexibility index (Phi) is 4.11. The molecule has 0 aromatic carbocycles. The summed E-state index contributed by atoms with van der Waals surface area (Å²) in [6, 6.07) is 3.43. The molecule has 2 rings (SSSR count). The quantitative estimate of drug-likeness (QED) is 0.539. The lowest BCUT2D eigenvalue weighted by Crippen LogP contribution is -2.41. The number of hydrogen-bond acceptors (Lipinski definition) is 5. The van der Waals surface area contributed by atoms with E-state index in [1.54, 1.807) is 19.2 Å². The number of pyridine rings is 1. The second-order valence-electron chi connectivity index (χ2n) is 4.36. The number of nitrogen functional groups attached to an aromatic ring is 1. The van der Waals surface area contributed by atoms with Gasteiger partial charge in [0.05, 0.1) is 24.0 Å². The number of rotatable bonds is 4. The maximum absolute atomic E-state index is 12.0. The lowest BCUT2D eigenvalue weighted by Gasteiger charge is -2.19. The van der Waals surface area contributed by atoms with Crippen LogP contribution in [0.2, 0.25) is 0 Å².